The number of allylic oxidation sites excluding steroid dienone is 2. The molecule has 0 aromatic heterocycles. The van der Waals surface area contributed by atoms with E-state index in [4.69, 9.17) is 32.7 Å². The Morgan fingerprint density at radius 1 is 0.896 bits per heavy atom. The molecule has 0 radical (unpaired) electrons. The minimum absolute atomic E-state index is 0.125. The maximum atomic E-state index is 15.2. The van der Waals surface area contributed by atoms with Crippen molar-refractivity contribution >= 4 is 52.5 Å². The van der Waals surface area contributed by atoms with E-state index < -0.39 is 46.8 Å². The molecule has 4 amide bonds. The average molecular weight is 691 g/mol. The lowest BCUT2D eigenvalue weighted by Crippen LogP contribution is -2.53. The van der Waals surface area contributed by atoms with Crippen molar-refractivity contribution in [1.29, 1.82) is 0 Å². The summed E-state index contributed by atoms with van der Waals surface area (Å²) >= 11 is 12.6. The molecule has 3 fully saturated rings. The van der Waals surface area contributed by atoms with Gasteiger partial charge in [-0.25, -0.2) is 0 Å². The number of hydrogen-bond acceptors (Lipinski definition) is 8. The number of halogens is 2. The molecule has 2 N–H and O–H groups in total. The van der Waals surface area contributed by atoms with Gasteiger partial charge in [0.05, 0.1) is 48.1 Å². The quantitative estimate of drug-likeness (QED) is 0.238. The molecule has 12 heteroatoms. The number of carbonyl (C=O) groups is 4. The molecule has 48 heavy (non-hydrogen) atoms. The summed E-state index contributed by atoms with van der Waals surface area (Å²) in [6.07, 6.45) is 2.36. The van der Waals surface area contributed by atoms with Gasteiger partial charge in [-0.3, -0.25) is 29.5 Å². The Balaban J connectivity index is 1.48. The number of nitrogens with one attached hydrogen (secondary N) is 1. The van der Waals surface area contributed by atoms with E-state index in [0.29, 0.717) is 39.8 Å². The number of phenolic OH excluding ortho intramolecular Hbond substituents is 1. The van der Waals surface area contributed by atoms with Crippen LogP contribution in [0.15, 0.2) is 72.3 Å². The van der Waals surface area contributed by atoms with Gasteiger partial charge in [0.1, 0.15) is 17.2 Å². The fourth-order valence-electron chi connectivity index (χ4n) is 8.46. The first-order chi connectivity index (χ1) is 23.1. The first-order valence-electron chi connectivity index (χ1n) is 15.7. The fourth-order valence-corrected chi connectivity index (χ4v) is 8.91. The molecule has 1 saturated carbocycles. The smallest absolute Gasteiger partial charge is 0.260 e. The van der Waals surface area contributed by atoms with Crippen LogP contribution in [0, 0.1) is 23.7 Å². The molecule has 3 aromatic rings. The number of ether oxygens (including phenoxy) is 2. The van der Waals surface area contributed by atoms with Crippen molar-refractivity contribution in [3.8, 4) is 17.2 Å². The summed E-state index contributed by atoms with van der Waals surface area (Å²) in [5.41, 5.74) is 3.33. The zero-order chi connectivity index (χ0) is 34.1. The van der Waals surface area contributed by atoms with Gasteiger partial charge in [0, 0.05) is 29.1 Å². The number of fused-ring (bicyclic) bond motifs is 4. The van der Waals surface area contributed by atoms with E-state index in [1.165, 1.54) is 31.3 Å². The van der Waals surface area contributed by atoms with Gasteiger partial charge in [0.15, 0.2) is 0 Å². The summed E-state index contributed by atoms with van der Waals surface area (Å²) in [6.45, 7) is 2.01. The second-order valence-corrected chi connectivity index (χ2v) is 13.4. The van der Waals surface area contributed by atoms with Crippen LogP contribution in [0.2, 0.25) is 10.0 Å². The van der Waals surface area contributed by atoms with E-state index in [2.05, 4.69) is 5.43 Å². The van der Waals surface area contributed by atoms with E-state index in [1.54, 1.807) is 55.5 Å². The lowest BCUT2D eigenvalue weighted by molar-refractivity contribution is -0.141. The van der Waals surface area contributed by atoms with Crippen LogP contribution < -0.4 is 14.9 Å². The van der Waals surface area contributed by atoms with Gasteiger partial charge in [0.2, 0.25) is 11.8 Å². The molecule has 2 heterocycles. The molecule has 4 aliphatic rings. The first kappa shape index (κ1) is 32.0. The molecule has 10 nitrogen and oxygen atoms in total. The van der Waals surface area contributed by atoms with E-state index in [-0.39, 0.29) is 35.6 Å². The third-order valence-electron chi connectivity index (χ3n) is 10.5. The molecular formula is C36H33Cl2N3O7. The SMILES string of the molecule is CCN1C(=O)[C@H]2[C@H](CC=C3[C@H]2C[C@H]2C(=O)N(Nc4ccc(Cl)cc4Cl)C(=O)[C@@]2(c2ccc(OC)cc2)[C@H]3c2ccc(OC)cc2O)C1=O. The average Bonchev–Trinajstić information content (AvgIpc) is 3.46. The number of amides is 4. The molecule has 2 aliphatic carbocycles. The zero-order valence-electron chi connectivity index (χ0n) is 26.4. The minimum Gasteiger partial charge on any atom is -0.508 e. The van der Waals surface area contributed by atoms with Gasteiger partial charge in [-0.2, -0.15) is 5.01 Å². The highest BCUT2D eigenvalue weighted by Crippen LogP contribution is 2.65. The number of benzene rings is 3. The highest BCUT2D eigenvalue weighted by molar-refractivity contribution is 6.36. The number of phenols is 1. The number of rotatable bonds is 7. The Bertz CT molecular complexity index is 1900. The van der Waals surface area contributed by atoms with E-state index >= 15 is 4.79 Å². The standard InChI is InChI=1S/C36H33Cl2N3O7/c1-4-40-32(43)24-13-12-22-25(30(24)34(40)45)17-26-33(44)41(39-28-14-7-19(37)15-27(28)38)35(46)36(26,18-5-8-20(47-2)9-6-18)31(22)23-11-10-21(48-3)16-29(23)42/h5-12,14-16,24-26,30-31,39,42H,4,13,17H2,1-3H3/t24-,25+,26-,30-,31+,36+/m0/s1. The van der Waals surface area contributed by atoms with Gasteiger partial charge in [-0.05, 0) is 67.6 Å². The largest absolute Gasteiger partial charge is 0.508 e. The summed E-state index contributed by atoms with van der Waals surface area (Å²) in [4.78, 5) is 58.5. The van der Waals surface area contributed by atoms with Crippen LogP contribution in [0.1, 0.15) is 36.8 Å². The maximum absolute atomic E-state index is 15.2. The van der Waals surface area contributed by atoms with E-state index in [9.17, 15) is 19.5 Å². The van der Waals surface area contributed by atoms with Crippen molar-refractivity contribution in [2.75, 3.05) is 26.2 Å². The van der Waals surface area contributed by atoms with Crippen LogP contribution in [0.5, 0.6) is 17.2 Å². The third-order valence-corrected chi connectivity index (χ3v) is 11.1. The second-order valence-electron chi connectivity index (χ2n) is 12.6. The number of anilines is 1. The molecule has 248 valence electrons. The predicted octanol–water partition coefficient (Wildman–Crippen LogP) is 5.72. The van der Waals surface area contributed by atoms with Crippen LogP contribution >= 0.6 is 23.2 Å². The number of hydrogen-bond donors (Lipinski definition) is 2. The summed E-state index contributed by atoms with van der Waals surface area (Å²) in [5, 5.41) is 13.2. The molecule has 2 aliphatic heterocycles. The monoisotopic (exact) mass is 689 g/mol. The van der Waals surface area contributed by atoms with E-state index in [0.717, 1.165) is 10.6 Å². The number of hydrazine groups is 1. The third kappa shape index (κ3) is 4.53. The topological polar surface area (TPSA) is 125 Å². The Morgan fingerprint density at radius 2 is 1.60 bits per heavy atom. The van der Waals surface area contributed by atoms with Gasteiger partial charge >= 0.3 is 0 Å². The van der Waals surface area contributed by atoms with Crippen LogP contribution in [-0.2, 0) is 24.6 Å². The Hall–Kier alpha value is -4.54. The minimum atomic E-state index is -1.58. The van der Waals surface area contributed by atoms with Crippen molar-refractivity contribution in [1.82, 2.24) is 9.91 Å². The number of likely N-dealkylation sites (tertiary alicyclic amines) is 1. The molecule has 0 unspecified atom stereocenters. The van der Waals surface area contributed by atoms with Gasteiger partial charge < -0.3 is 14.6 Å². The molecule has 0 spiro atoms. The van der Waals surface area contributed by atoms with Crippen molar-refractivity contribution in [3.05, 3.63) is 93.5 Å². The van der Waals surface area contributed by atoms with Crippen molar-refractivity contribution < 1.29 is 33.8 Å². The molecule has 2 saturated heterocycles. The summed E-state index contributed by atoms with van der Waals surface area (Å²) in [5.74, 6) is -4.48. The summed E-state index contributed by atoms with van der Waals surface area (Å²) in [7, 11) is 3.02. The Morgan fingerprint density at radius 3 is 2.25 bits per heavy atom. The van der Waals surface area contributed by atoms with Gasteiger partial charge in [-0.1, -0.05) is 53.1 Å². The summed E-state index contributed by atoms with van der Waals surface area (Å²) in [6, 6.07) is 16.5. The van der Waals surface area contributed by atoms with Crippen molar-refractivity contribution in [3.63, 3.8) is 0 Å². The maximum Gasteiger partial charge on any atom is 0.260 e. The van der Waals surface area contributed by atoms with Gasteiger partial charge in [-0.15, -0.1) is 0 Å². The highest BCUT2D eigenvalue weighted by Gasteiger charge is 2.70. The molecule has 3 aromatic carbocycles. The van der Waals surface area contributed by atoms with Crippen LogP contribution in [-0.4, -0.2) is 59.4 Å². The number of carbonyl (C=O) groups excluding carboxylic acids is 4. The zero-order valence-corrected chi connectivity index (χ0v) is 27.9. The lowest BCUT2D eigenvalue weighted by Gasteiger charge is -2.50. The number of nitrogens with zero attached hydrogens (tertiary/aromatic N) is 2. The molecular weight excluding hydrogens is 657 g/mol. The number of imide groups is 2. The molecule has 0 bridgehead atoms. The highest BCUT2D eigenvalue weighted by atomic mass is 35.5. The van der Waals surface area contributed by atoms with Crippen molar-refractivity contribution in [2.24, 2.45) is 23.7 Å². The fraction of sp³-hybridized carbons (Fsp3) is 0.333. The van der Waals surface area contributed by atoms with Gasteiger partial charge in [0.25, 0.3) is 11.8 Å². The number of methoxy groups -OCH3 is 2. The Kier molecular flexibility index (Phi) is 7.91. The number of aromatic hydroxyl groups is 1. The summed E-state index contributed by atoms with van der Waals surface area (Å²) < 4.78 is 10.8. The predicted molar refractivity (Wildman–Crippen MR) is 178 cm³/mol. The van der Waals surface area contributed by atoms with E-state index in [1.807, 2.05) is 6.08 Å². The molecule has 7 rings (SSSR count). The molecule has 6 atom stereocenters. The normalized spacial score (nSPS) is 27.8. The lowest BCUT2D eigenvalue weighted by atomic mass is 9.49. The van der Waals surface area contributed by atoms with Crippen molar-refractivity contribution in [2.45, 2.75) is 31.1 Å². The van der Waals surface area contributed by atoms with Crippen LogP contribution in [0.3, 0.4) is 0 Å². The van der Waals surface area contributed by atoms with Crippen LogP contribution in [0.4, 0.5) is 5.69 Å². The Labute approximate surface area is 287 Å². The first-order valence-corrected chi connectivity index (χ1v) is 16.5. The second kappa shape index (κ2) is 11.9. The van der Waals surface area contributed by atoms with Crippen LogP contribution in [0.25, 0.3) is 0 Å².